The zero-order valence-corrected chi connectivity index (χ0v) is 12.5. The summed E-state index contributed by atoms with van der Waals surface area (Å²) in [6, 6.07) is 7.70. The minimum Gasteiger partial charge on any atom is -0.312 e. The Balaban J connectivity index is 1.47. The van der Waals surface area contributed by atoms with Crippen molar-refractivity contribution in [2.24, 2.45) is 0 Å². The standard InChI is InChI=1S/C17H25FN2/c1-20(2)17(7-4-8-17)12-19-16-10-14(11-16)13-5-3-6-15(18)9-13/h3,5-6,9,14,16,19H,4,7-8,10-12H2,1-2H3. The first kappa shape index (κ1) is 14.0. The molecule has 0 radical (unpaired) electrons. The molecule has 1 N–H and O–H groups in total. The molecule has 0 spiro atoms. The first-order valence-electron chi connectivity index (χ1n) is 7.75. The van der Waals surface area contributed by atoms with Gasteiger partial charge in [0, 0.05) is 18.1 Å². The highest BCUT2D eigenvalue weighted by molar-refractivity contribution is 5.23. The van der Waals surface area contributed by atoms with Gasteiger partial charge >= 0.3 is 0 Å². The van der Waals surface area contributed by atoms with Gasteiger partial charge in [0.05, 0.1) is 0 Å². The van der Waals surface area contributed by atoms with Gasteiger partial charge in [-0.05, 0) is 69.8 Å². The zero-order valence-electron chi connectivity index (χ0n) is 12.5. The summed E-state index contributed by atoms with van der Waals surface area (Å²) in [6.07, 6.45) is 6.27. The Labute approximate surface area is 121 Å². The van der Waals surface area contributed by atoms with Crippen molar-refractivity contribution < 1.29 is 4.39 Å². The third-order valence-electron chi connectivity index (χ3n) is 5.41. The Morgan fingerprint density at radius 3 is 2.60 bits per heavy atom. The van der Waals surface area contributed by atoms with E-state index in [0.29, 0.717) is 17.5 Å². The van der Waals surface area contributed by atoms with Gasteiger partial charge in [0.1, 0.15) is 5.82 Å². The summed E-state index contributed by atoms with van der Waals surface area (Å²) in [7, 11) is 4.38. The second-order valence-corrected chi connectivity index (χ2v) is 6.77. The maximum atomic E-state index is 13.2. The van der Waals surface area contributed by atoms with Gasteiger partial charge in [-0.15, -0.1) is 0 Å². The van der Waals surface area contributed by atoms with Crippen LogP contribution in [0.5, 0.6) is 0 Å². The Kier molecular flexibility index (Phi) is 3.83. The minimum atomic E-state index is -0.111. The molecule has 1 aromatic carbocycles. The number of halogens is 1. The Morgan fingerprint density at radius 2 is 2.05 bits per heavy atom. The van der Waals surface area contributed by atoms with E-state index in [1.54, 1.807) is 6.07 Å². The largest absolute Gasteiger partial charge is 0.312 e. The SMILES string of the molecule is CN(C)C1(CNC2CC(c3cccc(F)c3)C2)CCC1. The summed E-state index contributed by atoms with van der Waals surface area (Å²) in [6.45, 7) is 1.10. The van der Waals surface area contributed by atoms with Gasteiger partial charge in [0.2, 0.25) is 0 Å². The lowest BCUT2D eigenvalue weighted by Crippen LogP contribution is -2.58. The van der Waals surface area contributed by atoms with E-state index in [1.165, 1.54) is 25.3 Å². The average Bonchev–Trinajstić information content (AvgIpc) is 2.29. The van der Waals surface area contributed by atoms with Gasteiger partial charge in [0.15, 0.2) is 0 Å². The summed E-state index contributed by atoms with van der Waals surface area (Å²) in [4.78, 5) is 2.38. The molecule has 0 atom stereocenters. The van der Waals surface area contributed by atoms with Gasteiger partial charge in [-0.25, -0.2) is 4.39 Å². The minimum absolute atomic E-state index is 0.111. The van der Waals surface area contributed by atoms with Crippen molar-refractivity contribution in [2.75, 3.05) is 20.6 Å². The van der Waals surface area contributed by atoms with Crippen molar-refractivity contribution in [1.29, 1.82) is 0 Å². The number of nitrogens with one attached hydrogen (secondary N) is 1. The van der Waals surface area contributed by atoms with Gasteiger partial charge in [-0.1, -0.05) is 12.1 Å². The molecule has 2 fully saturated rings. The van der Waals surface area contributed by atoms with E-state index in [2.05, 4.69) is 30.4 Å². The normalized spacial score (nSPS) is 28.0. The van der Waals surface area contributed by atoms with E-state index in [0.717, 1.165) is 24.9 Å². The van der Waals surface area contributed by atoms with Crippen LogP contribution in [0.4, 0.5) is 4.39 Å². The number of benzene rings is 1. The lowest BCUT2D eigenvalue weighted by atomic mass is 9.73. The quantitative estimate of drug-likeness (QED) is 0.889. The van der Waals surface area contributed by atoms with Crippen molar-refractivity contribution in [3.8, 4) is 0 Å². The highest BCUT2D eigenvalue weighted by Gasteiger charge is 2.40. The fourth-order valence-electron chi connectivity index (χ4n) is 3.52. The molecule has 20 heavy (non-hydrogen) atoms. The molecule has 0 heterocycles. The summed E-state index contributed by atoms with van der Waals surface area (Å²) in [5, 5.41) is 3.72. The predicted molar refractivity (Wildman–Crippen MR) is 80.4 cm³/mol. The number of hydrogen-bond donors (Lipinski definition) is 1. The Bertz CT molecular complexity index is 462. The van der Waals surface area contributed by atoms with Crippen molar-refractivity contribution in [3.63, 3.8) is 0 Å². The summed E-state index contributed by atoms with van der Waals surface area (Å²) in [5.41, 5.74) is 1.55. The first-order valence-corrected chi connectivity index (χ1v) is 7.75. The molecule has 2 aliphatic carbocycles. The molecular weight excluding hydrogens is 251 g/mol. The Morgan fingerprint density at radius 1 is 1.30 bits per heavy atom. The highest BCUT2D eigenvalue weighted by atomic mass is 19.1. The fraction of sp³-hybridized carbons (Fsp3) is 0.647. The van der Waals surface area contributed by atoms with E-state index in [4.69, 9.17) is 0 Å². The summed E-state index contributed by atoms with van der Waals surface area (Å²) in [5.74, 6) is 0.430. The first-order chi connectivity index (χ1) is 9.59. The van der Waals surface area contributed by atoms with Gasteiger partial charge in [-0.3, -0.25) is 0 Å². The molecule has 2 nitrogen and oxygen atoms in total. The molecule has 3 heteroatoms. The number of hydrogen-bond acceptors (Lipinski definition) is 2. The van der Waals surface area contributed by atoms with E-state index in [9.17, 15) is 4.39 Å². The van der Waals surface area contributed by atoms with Crippen LogP contribution in [0.15, 0.2) is 24.3 Å². The van der Waals surface area contributed by atoms with Crippen LogP contribution in [0.25, 0.3) is 0 Å². The van der Waals surface area contributed by atoms with Gasteiger partial charge in [0.25, 0.3) is 0 Å². The molecular formula is C17H25FN2. The molecule has 0 aliphatic heterocycles. The Hall–Kier alpha value is -0.930. The molecule has 0 bridgehead atoms. The molecule has 1 aromatic rings. The lowest BCUT2D eigenvalue weighted by Gasteiger charge is -2.49. The van der Waals surface area contributed by atoms with Crippen LogP contribution >= 0.6 is 0 Å². The highest BCUT2D eigenvalue weighted by Crippen LogP contribution is 2.39. The van der Waals surface area contributed by atoms with Crippen molar-refractivity contribution in [2.45, 2.75) is 49.6 Å². The number of nitrogens with zero attached hydrogens (tertiary/aromatic N) is 1. The summed E-state index contributed by atoms with van der Waals surface area (Å²) >= 11 is 0. The molecule has 0 unspecified atom stereocenters. The second-order valence-electron chi connectivity index (χ2n) is 6.77. The van der Waals surface area contributed by atoms with Crippen molar-refractivity contribution in [3.05, 3.63) is 35.6 Å². The van der Waals surface area contributed by atoms with Crippen LogP contribution in [0.1, 0.15) is 43.6 Å². The maximum Gasteiger partial charge on any atom is 0.123 e. The molecule has 2 saturated carbocycles. The van der Waals surface area contributed by atoms with Crippen LogP contribution in [-0.4, -0.2) is 37.1 Å². The molecule has 0 aromatic heterocycles. The van der Waals surface area contributed by atoms with Crippen LogP contribution in [-0.2, 0) is 0 Å². The van der Waals surface area contributed by atoms with E-state index in [-0.39, 0.29) is 5.82 Å². The third-order valence-corrected chi connectivity index (χ3v) is 5.41. The molecule has 110 valence electrons. The number of likely N-dealkylation sites (N-methyl/N-ethyl adjacent to an activating group) is 1. The predicted octanol–water partition coefficient (Wildman–Crippen LogP) is 3.15. The monoisotopic (exact) mass is 276 g/mol. The molecule has 0 saturated heterocycles. The van der Waals surface area contributed by atoms with Crippen LogP contribution in [0, 0.1) is 5.82 Å². The topological polar surface area (TPSA) is 15.3 Å². The zero-order chi connectivity index (χ0) is 14.2. The second kappa shape index (κ2) is 5.45. The molecule has 0 amide bonds. The fourth-order valence-corrected chi connectivity index (χ4v) is 3.52. The maximum absolute atomic E-state index is 13.2. The van der Waals surface area contributed by atoms with E-state index in [1.807, 2.05) is 6.07 Å². The van der Waals surface area contributed by atoms with E-state index >= 15 is 0 Å². The molecule has 3 rings (SSSR count). The summed E-state index contributed by atoms with van der Waals surface area (Å²) < 4.78 is 13.2. The van der Waals surface area contributed by atoms with Crippen LogP contribution < -0.4 is 5.32 Å². The third kappa shape index (κ3) is 2.61. The smallest absolute Gasteiger partial charge is 0.123 e. The average molecular weight is 276 g/mol. The lowest BCUT2D eigenvalue weighted by molar-refractivity contribution is 0.0524. The number of rotatable bonds is 5. The van der Waals surface area contributed by atoms with Crippen molar-refractivity contribution >= 4 is 0 Å². The van der Waals surface area contributed by atoms with Crippen LogP contribution in [0.3, 0.4) is 0 Å². The van der Waals surface area contributed by atoms with Gasteiger partial charge < -0.3 is 10.2 Å². The van der Waals surface area contributed by atoms with Crippen LogP contribution in [0.2, 0.25) is 0 Å². The van der Waals surface area contributed by atoms with E-state index < -0.39 is 0 Å². The molecule has 2 aliphatic rings. The van der Waals surface area contributed by atoms with Crippen molar-refractivity contribution in [1.82, 2.24) is 10.2 Å². The van der Waals surface area contributed by atoms with Gasteiger partial charge in [-0.2, -0.15) is 0 Å².